The maximum atomic E-state index is 13.3. The molecule has 0 aliphatic carbocycles. The second-order valence-electron chi connectivity index (χ2n) is 6.28. The minimum absolute atomic E-state index is 0.0560. The Labute approximate surface area is 130 Å². The van der Waals surface area contributed by atoms with E-state index >= 15 is 0 Å². The van der Waals surface area contributed by atoms with Gasteiger partial charge in [-0.3, -0.25) is 4.68 Å². The summed E-state index contributed by atoms with van der Waals surface area (Å²) in [5.74, 6) is -0.284. The van der Waals surface area contributed by atoms with E-state index in [1.54, 1.807) is 10.7 Å². The number of nitrogens with zero attached hydrogens (tertiary/aromatic N) is 2. The Morgan fingerprint density at radius 1 is 1.29 bits per heavy atom. The van der Waals surface area contributed by atoms with Crippen molar-refractivity contribution in [3.8, 4) is 0 Å². The van der Waals surface area contributed by atoms with Crippen LogP contribution in [0, 0.1) is 12.7 Å². The van der Waals surface area contributed by atoms with Crippen LogP contribution in [0.15, 0.2) is 24.4 Å². The van der Waals surface area contributed by atoms with Gasteiger partial charge in [0.25, 0.3) is 0 Å². The second kappa shape index (κ2) is 6.16. The molecule has 0 spiro atoms. The van der Waals surface area contributed by atoms with Gasteiger partial charge >= 0.3 is 0 Å². The molecule has 5 heteroatoms. The molecule has 0 aliphatic heterocycles. The second-order valence-corrected chi connectivity index (χ2v) is 6.68. The molecule has 1 heterocycles. The van der Waals surface area contributed by atoms with E-state index in [0.717, 1.165) is 23.4 Å². The summed E-state index contributed by atoms with van der Waals surface area (Å²) in [6.45, 7) is 9.57. The molecule has 1 N–H and O–H groups in total. The summed E-state index contributed by atoms with van der Waals surface area (Å²) in [6.07, 6.45) is 1.98. The van der Waals surface area contributed by atoms with Crippen LogP contribution in [0.25, 0.3) is 0 Å². The third-order valence-electron chi connectivity index (χ3n) is 3.20. The Kier molecular flexibility index (Phi) is 4.69. The summed E-state index contributed by atoms with van der Waals surface area (Å²) in [5, 5.41) is 8.46. The van der Waals surface area contributed by atoms with E-state index in [2.05, 4.69) is 31.2 Å². The molecular formula is C16H21ClFN3. The van der Waals surface area contributed by atoms with Crippen LogP contribution >= 0.6 is 11.6 Å². The smallest absolute Gasteiger partial charge is 0.123 e. The van der Waals surface area contributed by atoms with Gasteiger partial charge in [-0.25, -0.2) is 4.39 Å². The average molecular weight is 310 g/mol. The monoisotopic (exact) mass is 309 g/mol. The van der Waals surface area contributed by atoms with Gasteiger partial charge in [0.15, 0.2) is 0 Å². The first kappa shape index (κ1) is 16.0. The first-order chi connectivity index (χ1) is 9.74. The maximum absolute atomic E-state index is 13.3. The topological polar surface area (TPSA) is 29.9 Å². The number of aryl methyl sites for hydroxylation is 1. The highest BCUT2D eigenvalue weighted by Crippen LogP contribution is 2.19. The zero-order chi connectivity index (χ0) is 15.6. The maximum Gasteiger partial charge on any atom is 0.123 e. The summed E-state index contributed by atoms with van der Waals surface area (Å²) in [5.41, 5.74) is 2.90. The normalized spacial score (nSPS) is 11.9. The molecule has 3 nitrogen and oxygen atoms in total. The summed E-state index contributed by atoms with van der Waals surface area (Å²) < 4.78 is 15.1. The fourth-order valence-electron chi connectivity index (χ4n) is 2.01. The molecule has 2 rings (SSSR count). The largest absolute Gasteiger partial charge is 0.308 e. The van der Waals surface area contributed by atoms with Crippen LogP contribution in [0.3, 0.4) is 0 Å². The number of halogens is 2. The lowest BCUT2D eigenvalue weighted by Crippen LogP contribution is -2.35. The van der Waals surface area contributed by atoms with E-state index in [1.165, 1.54) is 12.1 Å². The zero-order valence-electron chi connectivity index (χ0n) is 12.9. The highest BCUT2D eigenvalue weighted by molar-refractivity contribution is 6.31. The Morgan fingerprint density at radius 2 is 2.00 bits per heavy atom. The van der Waals surface area contributed by atoms with Gasteiger partial charge in [-0.15, -0.1) is 0 Å². The molecule has 0 saturated carbocycles. The summed E-state index contributed by atoms with van der Waals surface area (Å²) in [4.78, 5) is 0. The van der Waals surface area contributed by atoms with Gasteiger partial charge in [0.2, 0.25) is 0 Å². The lowest BCUT2D eigenvalue weighted by Gasteiger charge is -2.20. The molecule has 0 radical (unpaired) electrons. The number of hydrogen-bond donors (Lipinski definition) is 1. The van der Waals surface area contributed by atoms with Crippen molar-refractivity contribution in [3.63, 3.8) is 0 Å². The standard InChI is InChI=1S/C16H21ClFN3/c1-11-13(8-19-16(2,3)4)10-21(20-11)9-12-7-14(18)5-6-15(12)17/h5-7,10,19H,8-9H2,1-4H3. The van der Waals surface area contributed by atoms with Crippen molar-refractivity contribution >= 4 is 11.6 Å². The number of hydrogen-bond acceptors (Lipinski definition) is 2. The van der Waals surface area contributed by atoms with E-state index in [1.807, 2.05) is 13.1 Å². The molecule has 2 aromatic rings. The molecule has 0 bridgehead atoms. The summed E-state index contributed by atoms with van der Waals surface area (Å²) in [6, 6.07) is 4.38. The molecule has 0 fully saturated rings. The van der Waals surface area contributed by atoms with Crippen molar-refractivity contribution < 1.29 is 4.39 Å². The number of rotatable bonds is 4. The molecule has 1 aromatic heterocycles. The van der Waals surface area contributed by atoms with Crippen LogP contribution in [0.5, 0.6) is 0 Å². The van der Waals surface area contributed by atoms with Crippen molar-refractivity contribution in [2.75, 3.05) is 0 Å². The third-order valence-corrected chi connectivity index (χ3v) is 3.57. The van der Waals surface area contributed by atoms with E-state index in [4.69, 9.17) is 11.6 Å². The molecule has 21 heavy (non-hydrogen) atoms. The fourth-order valence-corrected chi connectivity index (χ4v) is 2.19. The van der Waals surface area contributed by atoms with E-state index < -0.39 is 0 Å². The number of benzene rings is 1. The van der Waals surface area contributed by atoms with Gasteiger partial charge in [0.05, 0.1) is 12.2 Å². The van der Waals surface area contributed by atoms with Gasteiger partial charge in [-0.2, -0.15) is 5.10 Å². The SMILES string of the molecule is Cc1nn(Cc2cc(F)ccc2Cl)cc1CNC(C)(C)C. The molecule has 0 amide bonds. The third kappa shape index (κ3) is 4.55. The van der Waals surface area contributed by atoms with E-state index in [9.17, 15) is 4.39 Å². The van der Waals surface area contributed by atoms with Gasteiger partial charge in [0.1, 0.15) is 5.82 Å². The molecular weight excluding hydrogens is 289 g/mol. The minimum Gasteiger partial charge on any atom is -0.308 e. The van der Waals surface area contributed by atoms with Crippen molar-refractivity contribution in [2.24, 2.45) is 0 Å². The number of nitrogens with one attached hydrogen (secondary N) is 1. The van der Waals surface area contributed by atoms with Crippen molar-refractivity contribution in [1.29, 1.82) is 0 Å². The quantitative estimate of drug-likeness (QED) is 0.927. The predicted molar refractivity (Wildman–Crippen MR) is 84.1 cm³/mol. The highest BCUT2D eigenvalue weighted by Gasteiger charge is 2.12. The Bertz CT molecular complexity index is 629. The van der Waals surface area contributed by atoms with Crippen molar-refractivity contribution in [3.05, 3.63) is 52.1 Å². The first-order valence-corrected chi connectivity index (χ1v) is 7.34. The molecule has 0 saturated heterocycles. The fraction of sp³-hybridized carbons (Fsp3) is 0.438. The van der Waals surface area contributed by atoms with Crippen molar-refractivity contribution in [1.82, 2.24) is 15.1 Å². The summed E-state index contributed by atoms with van der Waals surface area (Å²) >= 11 is 6.09. The zero-order valence-corrected chi connectivity index (χ0v) is 13.6. The minimum atomic E-state index is -0.284. The molecule has 114 valence electrons. The van der Waals surface area contributed by atoms with Crippen molar-refractivity contribution in [2.45, 2.75) is 46.3 Å². The lowest BCUT2D eigenvalue weighted by atomic mass is 10.1. The molecule has 0 atom stereocenters. The van der Waals surface area contributed by atoms with E-state index in [0.29, 0.717) is 11.6 Å². The molecule has 0 unspecified atom stereocenters. The van der Waals surface area contributed by atoms with E-state index in [-0.39, 0.29) is 11.4 Å². The van der Waals surface area contributed by atoms with Crippen LogP contribution in [-0.4, -0.2) is 15.3 Å². The van der Waals surface area contributed by atoms with Gasteiger partial charge < -0.3 is 5.32 Å². The van der Waals surface area contributed by atoms with Gasteiger partial charge in [0, 0.05) is 28.9 Å². The number of aromatic nitrogens is 2. The Balaban J connectivity index is 2.13. The average Bonchev–Trinajstić information content (AvgIpc) is 2.71. The molecule has 0 aliphatic rings. The van der Waals surface area contributed by atoms with Crippen LogP contribution in [0.4, 0.5) is 4.39 Å². The van der Waals surface area contributed by atoms with Crippen LogP contribution < -0.4 is 5.32 Å². The van der Waals surface area contributed by atoms with Crippen LogP contribution in [-0.2, 0) is 13.1 Å². The lowest BCUT2D eigenvalue weighted by molar-refractivity contribution is 0.423. The van der Waals surface area contributed by atoms with Crippen LogP contribution in [0.2, 0.25) is 5.02 Å². The predicted octanol–water partition coefficient (Wildman–Crippen LogP) is 3.92. The van der Waals surface area contributed by atoms with Gasteiger partial charge in [-0.05, 0) is 51.5 Å². The van der Waals surface area contributed by atoms with Gasteiger partial charge in [-0.1, -0.05) is 11.6 Å². The highest BCUT2D eigenvalue weighted by atomic mass is 35.5. The van der Waals surface area contributed by atoms with Crippen LogP contribution in [0.1, 0.15) is 37.6 Å². The Hall–Kier alpha value is -1.39. The first-order valence-electron chi connectivity index (χ1n) is 6.96. The Morgan fingerprint density at radius 3 is 2.67 bits per heavy atom. The summed E-state index contributed by atoms with van der Waals surface area (Å²) in [7, 11) is 0. The molecule has 1 aromatic carbocycles.